The maximum absolute atomic E-state index is 4.20. The zero-order valence-corrected chi connectivity index (χ0v) is 9.17. The van der Waals surface area contributed by atoms with Gasteiger partial charge in [-0.2, -0.15) is 0 Å². The van der Waals surface area contributed by atoms with Gasteiger partial charge < -0.3 is 0 Å². The van der Waals surface area contributed by atoms with Crippen molar-refractivity contribution >= 4 is 12.1 Å². The van der Waals surface area contributed by atoms with E-state index in [0.717, 1.165) is 18.7 Å². The molecule has 0 aromatic rings. The first-order valence-electron chi connectivity index (χ1n) is 4.69. The summed E-state index contributed by atoms with van der Waals surface area (Å²) in [5, 5.41) is 0. The lowest BCUT2D eigenvalue weighted by Crippen LogP contribution is -2.09. The minimum Gasteiger partial charge on any atom is -0.246 e. The normalized spacial score (nSPS) is 13.7. The van der Waals surface area contributed by atoms with Crippen molar-refractivity contribution in [3.8, 4) is 0 Å². The fraction of sp³-hybridized carbons (Fsp3) is 0.636. The minimum absolute atomic E-state index is 0.345. The standard InChI is InChI=1S/C11H20N2/c1-6-11(4,5)8-9-13-10(3)12-7-2/h7,9H,2,6,8H2,1,3-5H3. The average molecular weight is 180 g/mol. The molecule has 74 valence electrons. The van der Waals surface area contributed by atoms with Gasteiger partial charge in [0.15, 0.2) is 0 Å². The molecule has 2 heteroatoms. The van der Waals surface area contributed by atoms with Gasteiger partial charge in [-0.15, -0.1) is 0 Å². The Morgan fingerprint density at radius 1 is 1.46 bits per heavy atom. The number of amidine groups is 1. The van der Waals surface area contributed by atoms with Crippen molar-refractivity contribution in [2.24, 2.45) is 15.4 Å². The van der Waals surface area contributed by atoms with Crippen LogP contribution >= 0.6 is 0 Å². The smallest absolute Gasteiger partial charge is 0.124 e. The SMILES string of the molecule is C=CN=C(C)N=CCC(C)(C)CC. The van der Waals surface area contributed by atoms with Crippen LogP contribution in [0.5, 0.6) is 0 Å². The van der Waals surface area contributed by atoms with Crippen molar-refractivity contribution in [2.75, 3.05) is 0 Å². The van der Waals surface area contributed by atoms with Gasteiger partial charge in [0.25, 0.3) is 0 Å². The summed E-state index contributed by atoms with van der Waals surface area (Å²) in [4.78, 5) is 8.15. The Labute approximate surface area is 81.5 Å². The minimum atomic E-state index is 0.345. The van der Waals surface area contributed by atoms with Gasteiger partial charge in [0.2, 0.25) is 0 Å². The van der Waals surface area contributed by atoms with Crippen LogP contribution in [0.1, 0.15) is 40.5 Å². The molecule has 0 atom stereocenters. The van der Waals surface area contributed by atoms with Crippen LogP contribution in [0.4, 0.5) is 0 Å². The van der Waals surface area contributed by atoms with Gasteiger partial charge in [0, 0.05) is 12.4 Å². The maximum Gasteiger partial charge on any atom is 0.124 e. The molecule has 0 amide bonds. The van der Waals surface area contributed by atoms with Crippen molar-refractivity contribution in [2.45, 2.75) is 40.5 Å². The molecule has 0 aromatic carbocycles. The van der Waals surface area contributed by atoms with Crippen LogP contribution in [-0.2, 0) is 0 Å². The van der Waals surface area contributed by atoms with Crippen LogP contribution < -0.4 is 0 Å². The molecule has 0 saturated heterocycles. The molecular weight excluding hydrogens is 160 g/mol. The molecule has 0 fully saturated rings. The van der Waals surface area contributed by atoms with E-state index < -0.39 is 0 Å². The van der Waals surface area contributed by atoms with Crippen molar-refractivity contribution in [1.82, 2.24) is 0 Å². The van der Waals surface area contributed by atoms with E-state index in [1.54, 1.807) is 0 Å². The average Bonchev–Trinajstić information content (AvgIpc) is 2.05. The quantitative estimate of drug-likeness (QED) is 0.467. The van der Waals surface area contributed by atoms with Crippen molar-refractivity contribution < 1.29 is 0 Å². The summed E-state index contributed by atoms with van der Waals surface area (Å²) in [6, 6.07) is 0. The van der Waals surface area contributed by atoms with Crippen molar-refractivity contribution in [3.05, 3.63) is 12.8 Å². The monoisotopic (exact) mass is 180 g/mol. The van der Waals surface area contributed by atoms with Gasteiger partial charge in [-0.05, 0) is 18.8 Å². The summed E-state index contributed by atoms with van der Waals surface area (Å²) in [6.45, 7) is 12.0. The van der Waals surface area contributed by atoms with Gasteiger partial charge in [-0.25, -0.2) is 9.98 Å². The number of nitrogens with zero attached hydrogens (tertiary/aromatic N) is 2. The largest absolute Gasteiger partial charge is 0.246 e. The molecule has 0 bridgehead atoms. The Bertz CT molecular complexity index is 212. The highest BCUT2D eigenvalue weighted by Gasteiger charge is 2.12. The molecule has 0 heterocycles. The van der Waals surface area contributed by atoms with E-state index in [1.807, 2.05) is 13.1 Å². The molecular formula is C11H20N2. The summed E-state index contributed by atoms with van der Waals surface area (Å²) in [6.07, 6.45) is 5.60. The molecule has 0 aromatic heterocycles. The predicted molar refractivity (Wildman–Crippen MR) is 60.5 cm³/mol. The Morgan fingerprint density at radius 2 is 2.08 bits per heavy atom. The van der Waals surface area contributed by atoms with Crippen molar-refractivity contribution in [3.63, 3.8) is 0 Å². The lowest BCUT2D eigenvalue weighted by atomic mass is 9.87. The van der Waals surface area contributed by atoms with E-state index in [0.29, 0.717) is 5.41 Å². The first kappa shape index (κ1) is 12.1. The molecule has 13 heavy (non-hydrogen) atoms. The Kier molecular flexibility index (Phi) is 5.28. The Hall–Kier alpha value is -0.920. The second kappa shape index (κ2) is 5.68. The van der Waals surface area contributed by atoms with Crippen molar-refractivity contribution in [1.29, 1.82) is 0 Å². The third-order valence-corrected chi connectivity index (χ3v) is 2.16. The fourth-order valence-corrected chi connectivity index (χ4v) is 0.735. The summed E-state index contributed by atoms with van der Waals surface area (Å²) >= 11 is 0. The van der Waals surface area contributed by atoms with Crippen LogP contribution in [-0.4, -0.2) is 12.1 Å². The second-order valence-electron chi connectivity index (χ2n) is 3.89. The number of hydrogen-bond donors (Lipinski definition) is 0. The van der Waals surface area contributed by atoms with E-state index in [-0.39, 0.29) is 0 Å². The Balaban J connectivity index is 4.01. The molecule has 0 N–H and O–H groups in total. The third kappa shape index (κ3) is 6.26. The molecule has 0 aliphatic carbocycles. The van der Waals surface area contributed by atoms with Gasteiger partial charge in [-0.1, -0.05) is 33.8 Å². The zero-order valence-electron chi connectivity index (χ0n) is 9.17. The molecule has 0 aliphatic rings. The summed E-state index contributed by atoms with van der Waals surface area (Å²) in [5.41, 5.74) is 0.345. The predicted octanol–water partition coefficient (Wildman–Crippen LogP) is 3.45. The summed E-state index contributed by atoms with van der Waals surface area (Å²) in [7, 11) is 0. The molecule has 0 spiro atoms. The highest BCUT2D eigenvalue weighted by atomic mass is 14.9. The molecule has 2 nitrogen and oxygen atoms in total. The lowest BCUT2D eigenvalue weighted by molar-refractivity contribution is 0.371. The zero-order chi connectivity index (χ0) is 10.3. The maximum atomic E-state index is 4.20. The van der Waals surface area contributed by atoms with E-state index in [1.165, 1.54) is 6.20 Å². The first-order valence-corrected chi connectivity index (χ1v) is 4.69. The van der Waals surface area contributed by atoms with Gasteiger partial charge in [-0.3, -0.25) is 0 Å². The van der Waals surface area contributed by atoms with Crippen LogP contribution in [0.25, 0.3) is 0 Å². The molecule has 0 aliphatic heterocycles. The van der Waals surface area contributed by atoms with E-state index in [4.69, 9.17) is 0 Å². The third-order valence-electron chi connectivity index (χ3n) is 2.16. The number of hydrogen-bond acceptors (Lipinski definition) is 1. The van der Waals surface area contributed by atoms with Gasteiger partial charge in [0.05, 0.1) is 0 Å². The molecule has 0 saturated carbocycles. The second-order valence-corrected chi connectivity index (χ2v) is 3.89. The van der Waals surface area contributed by atoms with E-state index in [9.17, 15) is 0 Å². The lowest BCUT2D eigenvalue weighted by Gasteiger charge is -2.19. The fourth-order valence-electron chi connectivity index (χ4n) is 0.735. The topological polar surface area (TPSA) is 24.7 Å². The van der Waals surface area contributed by atoms with E-state index in [2.05, 4.69) is 37.3 Å². The van der Waals surface area contributed by atoms with Gasteiger partial charge in [0.1, 0.15) is 5.84 Å². The van der Waals surface area contributed by atoms with Crippen LogP contribution in [0.3, 0.4) is 0 Å². The number of aliphatic imine (C=N–C) groups is 2. The van der Waals surface area contributed by atoms with Crippen LogP contribution in [0.2, 0.25) is 0 Å². The first-order chi connectivity index (χ1) is 6.02. The van der Waals surface area contributed by atoms with Gasteiger partial charge >= 0.3 is 0 Å². The van der Waals surface area contributed by atoms with Crippen LogP contribution in [0.15, 0.2) is 22.8 Å². The number of rotatable bonds is 4. The highest BCUT2D eigenvalue weighted by molar-refractivity contribution is 5.87. The Morgan fingerprint density at radius 3 is 2.54 bits per heavy atom. The molecule has 0 radical (unpaired) electrons. The highest BCUT2D eigenvalue weighted by Crippen LogP contribution is 2.22. The van der Waals surface area contributed by atoms with E-state index >= 15 is 0 Å². The summed E-state index contributed by atoms with van der Waals surface area (Å²) in [5.74, 6) is 0.766. The molecule has 0 unspecified atom stereocenters. The van der Waals surface area contributed by atoms with Crippen LogP contribution in [0, 0.1) is 5.41 Å². The summed E-state index contributed by atoms with van der Waals surface area (Å²) < 4.78 is 0. The molecule has 0 rings (SSSR count).